The van der Waals surface area contributed by atoms with E-state index in [2.05, 4.69) is 10.3 Å². The van der Waals surface area contributed by atoms with Crippen molar-refractivity contribution in [2.45, 2.75) is 6.42 Å². The van der Waals surface area contributed by atoms with Gasteiger partial charge in [-0.05, 0) is 42.8 Å². The van der Waals surface area contributed by atoms with Crippen LogP contribution in [0, 0.1) is 17.6 Å². The number of anilines is 1. The number of nitrogens with zero attached hydrogens (tertiary/aromatic N) is 1. The van der Waals surface area contributed by atoms with Crippen LogP contribution in [0.5, 0.6) is 0 Å². The summed E-state index contributed by atoms with van der Waals surface area (Å²) in [4.78, 5) is 29.5. The Morgan fingerprint density at radius 2 is 1.94 bits per heavy atom. The van der Waals surface area contributed by atoms with Gasteiger partial charge in [-0.3, -0.25) is 9.59 Å². The van der Waals surface area contributed by atoms with Crippen molar-refractivity contribution in [2.24, 2.45) is 11.7 Å². The summed E-state index contributed by atoms with van der Waals surface area (Å²) in [6.45, 7) is 3.05. The second-order valence-corrected chi connectivity index (χ2v) is 8.66. The van der Waals surface area contributed by atoms with Gasteiger partial charge in [-0.2, -0.15) is 0 Å². The molecule has 0 radical (unpaired) electrons. The van der Waals surface area contributed by atoms with Gasteiger partial charge in [-0.25, -0.2) is 8.78 Å². The molecule has 0 aliphatic carbocycles. The second-order valence-electron chi connectivity index (χ2n) is 8.66. The molecule has 0 unspecified atom stereocenters. The molecule has 1 saturated heterocycles. The summed E-state index contributed by atoms with van der Waals surface area (Å²) in [6.07, 6.45) is 2.33. The van der Waals surface area contributed by atoms with Gasteiger partial charge in [0.1, 0.15) is 0 Å². The number of likely N-dealkylation sites (tertiary alicyclic amines) is 1. The molecule has 190 valence electrons. The van der Waals surface area contributed by atoms with E-state index in [1.165, 1.54) is 12.3 Å². The Hall–Kier alpha value is -3.76. The molecular formula is C26H28F2N4O4. The van der Waals surface area contributed by atoms with Crippen molar-refractivity contribution in [1.29, 1.82) is 0 Å². The fourth-order valence-corrected chi connectivity index (χ4v) is 4.09. The van der Waals surface area contributed by atoms with Crippen molar-refractivity contribution in [3.63, 3.8) is 0 Å². The van der Waals surface area contributed by atoms with Gasteiger partial charge in [0, 0.05) is 55.0 Å². The summed E-state index contributed by atoms with van der Waals surface area (Å²) in [5.74, 6) is -1.79. The van der Waals surface area contributed by atoms with Crippen LogP contribution in [0.3, 0.4) is 0 Å². The number of pyridine rings is 1. The van der Waals surface area contributed by atoms with E-state index < -0.39 is 17.2 Å². The smallest absolute Gasteiger partial charge is 0.257 e. The first-order valence-electron chi connectivity index (χ1n) is 11.6. The van der Waals surface area contributed by atoms with Crippen LogP contribution in [-0.4, -0.2) is 55.8 Å². The SMILES string of the molecule is COCCOC[C@@H]1CCN(C(=O)c2ccc(N/C=C(\N)c3cc4cc(F)c(F)cc4[nH]c3=O)cc2)C1. The van der Waals surface area contributed by atoms with Gasteiger partial charge in [0.2, 0.25) is 0 Å². The van der Waals surface area contributed by atoms with Gasteiger partial charge in [0.05, 0.1) is 36.6 Å². The van der Waals surface area contributed by atoms with Crippen molar-refractivity contribution in [1.82, 2.24) is 9.88 Å². The summed E-state index contributed by atoms with van der Waals surface area (Å²) < 4.78 is 37.5. The summed E-state index contributed by atoms with van der Waals surface area (Å²) in [5.41, 5.74) is 7.15. The van der Waals surface area contributed by atoms with E-state index in [1.54, 1.807) is 31.4 Å². The highest BCUT2D eigenvalue weighted by Crippen LogP contribution is 2.21. The van der Waals surface area contributed by atoms with Crippen molar-refractivity contribution in [3.8, 4) is 0 Å². The number of hydrogen-bond acceptors (Lipinski definition) is 6. The third kappa shape index (κ3) is 5.89. The topological polar surface area (TPSA) is 110 Å². The van der Waals surface area contributed by atoms with E-state index in [1.807, 2.05) is 4.90 Å². The molecular weight excluding hydrogens is 470 g/mol. The maximum Gasteiger partial charge on any atom is 0.257 e. The van der Waals surface area contributed by atoms with Crippen LogP contribution >= 0.6 is 0 Å². The van der Waals surface area contributed by atoms with Gasteiger partial charge in [0.25, 0.3) is 11.5 Å². The Bertz CT molecular complexity index is 1320. The van der Waals surface area contributed by atoms with Crippen molar-refractivity contribution < 1.29 is 23.0 Å². The summed E-state index contributed by atoms with van der Waals surface area (Å²) in [6, 6.07) is 10.2. The van der Waals surface area contributed by atoms with Crippen LogP contribution in [0.4, 0.5) is 14.5 Å². The largest absolute Gasteiger partial charge is 0.397 e. The predicted octanol–water partition coefficient (Wildman–Crippen LogP) is 3.30. The summed E-state index contributed by atoms with van der Waals surface area (Å²) in [5, 5.41) is 3.30. The molecule has 1 fully saturated rings. The molecule has 0 saturated carbocycles. The van der Waals surface area contributed by atoms with Crippen LogP contribution in [0.1, 0.15) is 22.3 Å². The van der Waals surface area contributed by atoms with Crippen molar-refractivity contribution in [2.75, 3.05) is 45.3 Å². The van der Waals surface area contributed by atoms with Crippen molar-refractivity contribution in [3.05, 3.63) is 81.8 Å². The maximum absolute atomic E-state index is 13.6. The van der Waals surface area contributed by atoms with E-state index in [9.17, 15) is 18.4 Å². The van der Waals surface area contributed by atoms with Crippen LogP contribution in [0.2, 0.25) is 0 Å². The number of rotatable bonds is 9. The number of nitrogens with one attached hydrogen (secondary N) is 2. The van der Waals surface area contributed by atoms with E-state index >= 15 is 0 Å². The van der Waals surface area contributed by atoms with Crippen LogP contribution < -0.4 is 16.6 Å². The van der Waals surface area contributed by atoms with E-state index in [4.69, 9.17) is 15.2 Å². The van der Waals surface area contributed by atoms with Crippen molar-refractivity contribution >= 4 is 28.2 Å². The number of benzene rings is 2. The lowest BCUT2D eigenvalue weighted by Crippen LogP contribution is -2.29. The molecule has 2 aromatic carbocycles. The Balaban J connectivity index is 1.37. The van der Waals surface area contributed by atoms with Gasteiger partial charge in [-0.1, -0.05) is 0 Å². The fourth-order valence-electron chi connectivity index (χ4n) is 4.09. The Kier molecular flexibility index (Phi) is 7.97. The highest BCUT2D eigenvalue weighted by Gasteiger charge is 2.27. The quantitative estimate of drug-likeness (QED) is 0.391. The number of methoxy groups -OCH3 is 1. The highest BCUT2D eigenvalue weighted by atomic mass is 19.2. The number of carbonyl (C=O) groups excluding carboxylic acids is 1. The minimum atomic E-state index is -1.05. The van der Waals surface area contributed by atoms with E-state index in [0.717, 1.165) is 18.6 Å². The average Bonchev–Trinajstić information content (AvgIpc) is 3.35. The van der Waals surface area contributed by atoms with Crippen LogP contribution in [0.15, 0.2) is 53.5 Å². The number of ether oxygens (including phenoxy) is 2. The first-order valence-corrected chi connectivity index (χ1v) is 11.6. The predicted molar refractivity (Wildman–Crippen MR) is 133 cm³/mol. The zero-order valence-electron chi connectivity index (χ0n) is 19.9. The number of fused-ring (bicyclic) bond motifs is 1. The average molecular weight is 499 g/mol. The first kappa shape index (κ1) is 25.3. The molecule has 4 N–H and O–H groups in total. The summed E-state index contributed by atoms with van der Waals surface area (Å²) >= 11 is 0. The minimum Gasteiger partial charge on any atom is -0.397 e. The molecule has 36 heavy (non-hydrogen) atoms. The second kappa shape index (κ2) is 11.3. The fraction of sp³-hybridized carbons (Fsp3) is 0.308. The molecule has 3 aromatic rings. The third-order valence-electron chi connectivity index (χ3n) is 6.08. The molecule has 2 heterocycles. The molecule has 1 aromatic heterocycles. The number of halogens is 2. The van der Waals surface area contributed by atoms with Crippen LogP contribution in [0.25, 0.3) is 16.6 Å². The van der Waals surface area contributed by atoms with E-state index in [0.29, 0.717) is 55.5 Å². The molecule has 0 spiro atoms. The lowest BCUT2D eigenvalue weighted by molar-refractivity contribution is 0.0515. The third-order valence-corrected chi connectivity index (χ3v) is 6.08. The van der Waals surface area contributed by atoms with Gasteiger partial charge >= 0.3 is 0 Å². The Morgan fingerprint density at radius 1 is 1.19 bits per heavy atom. The molecule has 1 aliphatic rings. The van der Waals surface area contributed by atoms with Crippen LogP contribution in [-0.2, 0) is 9.47 Å². The number of aromatic amines is 1. The minimum absolute atomic E-state index is 0.0395. The molecule has 10 heteroatoms. The molecule has 1 atom stereocenters. The number of hydrogen-bond donors (Lipinski definition) is 3. The standard InChI is InChI=1S/C26H28F2N4O4/c1-35-8-9-36-15-16-6-7-32(14-16)26(34)17-2-4-19(5-3-17)30-13-23(29)20-10-18-11-21(27)22(28)12-24(18)31-25(20)33/h2-5,10-13,16,30H,6-9,14-15,29H2,1H3,(H,31,33)/b23-13-/t16-/m1/s1. The molecule has 1 amide bonds. The molecule has 0 bridgehead atoms. The number of amides is 1. The Labute approximate surface area is 206 Å². The number of H-pyrrole nitrogens is 1. The normalized spacial score (nSPS) is 16.0. The Morgan fingerprint density at radius 3 is 2.69 bits per heavy atom. The van der Waals surface area contributed by atoms with Gasteiger partial charge < -0.3 is 30.4 Å². The summed E-state index contributed by atoms with van der Waals surface area (Å²) in [7, 11) is 1.63. The maximum atomic E-state index is 13.6. The monoisotopic (exact) mass is 498 g/mol. The number of nitrogens with two attached hydrogens (primary N) is 1. The number of carbonyl (C=O) groups is 1. The zero-order valence-corrected chi connectivity index (χ0v) is 19.9. The first-order chi connectivity index (χ1) is 17.4. The zero-order chi connectivity index (χ0) is 25.7. The lowest BCUT2D eigenvalue weighted by Gasteiger charge is -2.17. The van der Waals surface area contributed by atoms with Gasteiger partial charge in [-0.15, -0.1) is 0 Å². The molecule has 1 aliphatic heterocycles. The van der Waals surface area contributed by atoms with E-state index in [-0.39, 0.29) is 22.7 Å². The lowest BCUT2D eigenvalue weighted by atomic mass is 10.1. The number of aromatic nitrogens is 1. The van der Waals surface area contributed by atoms with Gasteiger partial charge in [0.15, 0.2) is 11.6 Å². The molecule has 4 rings (SSSR count). The molecule has 8 nitrogen and oxygen atoms in total. The highest BCUT2D eigenvalue weighted by molar-refractivity contribution is 5.94.